The maximum Gasteiger partial charge on any atom is 0.137 e. The first-order chi connectivity index (χ1) is 14.9. The highest BCUT2D eigenvalue weighted by Gasteiger charge is 2.16. The second kappa shape index (κ2) is 9.20. The number of benzene rings is 2. The van der Waals surface area contributed by atoms with Gasteiger partial charge in [0.15, 0.2) is 0 Å². The van der Waals surface area contributed by atoms with Crippen molar-refractivity contribution in [1.82, 2.24) is 14.4 Å². The minimum Gasteiger partial charge on any atom is -0.396 e. The van der Waals surface area contributed by atoms with E-state index in [1.807, 2.05) is 65.2 Å². The Kier molecular flexibility index (Phi) is 6.39. The van der Waals surface area contributed by atoms with Gasteiger partial charge >= 0.3 is 0 Å². The zero-order valence-corrected chi connectivity index (χ0v) is 18.7. The molecule has 0 bridgehead atoms. The first-order valence-electron chi connectivity index (χ1n) is 9.58. The van der Waals surface area contributed by atoms with Crippen molar-refractivity contribution in [2.75, 3.05) is 6.54 Å². The van der Waals surface area contributed by atoms with Gasteiger partial charge in [0.25, 0.3) is 0 Å². The van der Waals surface area contributed by atoms with Crippen molar-refractivity contribution >= 4 is 46.1 Å². The van der Waals surface area contributed by atoms with Crippen molar-refractivity contribution in [1.29, 1.82) is 0 Å². The largest absolute Gasteiger partial charge is 0.396 e. The molecule has 4 N–H and O–H groups in total. The standard InChI is InChI=1S/C23H20Cl3N5/c24-17-7-5-16(6-8-17)22-23(31-11-2-1-3-21(31)29-22)20(27)14-30(28)12-10-15-4-9-18(25)19(26)13-15/h1-9,11,13-14H,10,12,27-28H2/b20-14-. The van der Waals surface area contributed by atoms with Crippen LogP contribution in [0.1, 0.15) is 11.3 Å². The number of fused-ring (bicyclic) bond motifs is 1. The molecule has 0 radical (unpaired) electrons. The van der Waals surface area contributed by atoms with Gasteiger partial charge in [0.2, 0.25) is 0 Å². The van der Waals surface area contributed by atoms with Crippen LogP contribution in [0.25, 0.3) is 22.6 Å². The second-order valence-electron chi connectivity index (χ2n) is 7.07. The molecule has 4 rings (SSSR count). The summed E-state index contributed by atoms with van der Waals surface area (Å²) in [5, 5.41) is 3.27. The van der Waals surface area contributed by atoms with E-state index in [0.717, 1.165) is 28.2 Å². The van der Waals surface area contributed by atoms with Crippen LogP contribution in [0.4, 0.5) is 0 Å². The quantitative estimate of drug-likeness (QED) is 0.281. The molecule has 0 fully saturated rings. The summed E-state index contributed by atoms with van der Waals surface area (Å²) in [5.41, 5.74) is 11.3. The van der Waals surface area contributed by atoms with Crippen LogP contribution in [-0.2, 0) is 6.42 Å². The van der Waals surface area contributed by atoms with Gasteiger partial charge in [0.05, 0.1) is 27.1 Å². The van der Waals surface area contributed by atoms with Crippen molar-refractivity contribution in [3.05, 3.63) is 99.4 Å². The molecule has 4 aromatic rings. The number of hydrazine groups is 1. The first kappa shape index (κ1) is 21.5. The Labute approximate surface area is 195 Å². The van der Waals surface area contributed by atoms with E-state index in [1.54, 1.807) is 17.3 Å². The van der Waals surface area contributed by atoms with Gasteiger partial charge in [-0.25, -0.2) is 10.8 Å². The monoisotopic (exact) mass is 471 g/mol. The molecular weight excluding hydrogens is 453 g/mol. The van der Waals surface area contributed by atoms with Crippen LogP contribution < -0.4 is 11.6 Å². The van der Waals surface area contributed by atoms with Crippen molar-refractivity contribution < 1.29 is 0 Å². The highest BCUT2D eigenvalue weighted by molar-refractivity contribution is 6.42. The molecule has 2 aromatic carbocycles. The zero-order valence-electron chi connectivity index (χ0n) is 16.5. The summed E-state index contributed by atoms with van der Waals surface area (Å²) in [6, 6.07) is 18.9. The Balaban J connectivity index is 1.63. The van der Waals surface area contributed by atoms with E-state index < -0.39 is 0 Å². The maximum atomic E-state index is 6.50. The van der Waals surface area contributed by atoms with Crippen molar-refractivity contribution in [3.8, 4) is 11.3 Å². The predicted molar refractivity (Wildman–Crippen MR) is 129 cm³/mol. The molecule has 0 saturated heterocycles. The van der Waals surface area contributed by atoms with E-state index in [4.69, 9.17) is 51.4 Å². The van der Waals surface area contributed by atoms with Gasteiger partial charge in [0.1, 0.15) is 5.65 Å². The predicted octanol–water partition coefficient (Wildman–Crippen LogP) is 5.64. The van der Waals surface area contributed by atoms with E-state index >= 15 is 0 Å². The number of nitrogens with two attached hydrogens (primary N) is 2. The topological polar surface area (TPSA) is 72.6 Å². The van der Waals surface area contributed by atoms with E-state index in [2.05, 4.69) is 0 Å². The lowest BCUT2D eigenvalue weighted by atomic mass is 10.1. The van der Waals surface area contributed by atoms with Gasteiger partial charge in [-0.1, -0.05) is 59.1 Å². The normalized spacial score (nSPS) is 11.8. The minimum absolute atomic E-state index is 0.500. The Bertz CT molecular complexity index is 1250. The Morgan fingerprint density at radius 1 is 1.00 bits per heavy atom. The van der Waals surface area contributed by atoms with Crippen LogP contribution in [0, 0.1) is 0 Å². The highest BCUT2D eigenvalue weighted by atomic mass is 35.5. The van der Waals surface area contributed by atoms with E-state index in [-0.39, 0.29) is 0 Å². The summed E-state index contributed by atoms with van der Waals surface area (Å²) in [6.07, 6.45) is 4.33. The minimum atomic E-state index is 0.500. The molecule has 0 aliphatic heterocycles. The molecule has 0 aliphatic rings. The van der Waals surface area contributed by atoms with Crippen molar-refractivity contribution in [2.45, 2.75) is 6.42 Å². The summed E-state index contributed by atoms with van der Waals surface area (Å²) in [5.74, 6) is 6.22. The third-order valence-electron chi connectivity index (χ3n) is 4.87. The van der Waals surface area contributed by atoms with Crippen molar-refractivity contribution in [3.63, 3.8) is 0 Å². The van der Waals surface area contributed by atoms with Crippen LogP contribution in [0.2, 0.25) is 15.1 Å². The molecule has 0 atom stereocenters. The maximum absolute atomic E-state index is 6.50. The molecule has 0 aliphatic carbocycles. The number of nitrogens with zero attached hydrogens (tertiary/aromatic N) is 3. The number of pyridine rings is 1. The van der Waals surface area contributed by atoms with Crippen LogP contribution >= 0.6 is 34.8 Å². The van der Waals surface area contributed by atoms with Crippen LogP contribution in [0.5, 0.6) is 0 Å². The Hall–Kier alpha value is -2.70. The van der Waals surface area contributed by atoms with Gasteiger partial charge in [-0.2, -0.15) is 0 Å². The smallest absolute Gasteiger partial charge is 0.137 e. The SMILES string of the molecule is N/C(=C\N(N)CCc1ccc(Cl)c(Cl)c1)c1c(-c2ccc(Cl)cc2)nc2ccccn12. The molecule has 0 unspecified atom stereocenters. The van der Waals surface area contributed by atoms with Gasteiger partial charge in [-0.05, 0) is 48.4 Å². The molecule has 0 saturated carbocycles. The molecular formula is C23H20Cl3N5. The van der Waals surface area contributed by atoms with Gasteiger partial charge in [-0.3, -0.25) is 4.40 Å². The van der Waals surface area contributed by atoms with Gasteiger partial charge < -0.3 is 10.7 Å². The number of aromatic nitrogens is 2. The number of hydrogen-bond donors (Lipinski definition) is 2. The molecule has 0 amide bonds. The lowest BCUT2D eigenvalue weighted by Gasteiger charge is -2.16. The second-order valence-corrected chi connectivity index (χ2v) is 8.32. The molecule has 2 aromatic heterocycles. The third kappa shape index (κ3) is 4.81. The first-order valence-corrected chi connectivity index (χ1v) is 10.7. The number of hydrogen-bond acceptors (Lipinski definition) is 4. The van der Waals surface area contributed by atoms with E-state index in [0.29, 0.717) is 33.7 Å². The summed E-state index contributed by atoms with van der Waals surface area (Å²) < 4.78 is 1.95. The lowest BCUT2D eigenvalue weighted by Crippen LogP contribution is -2.28. The zero-order chi connectivity index (χ0) is 22.0. The van der Waals surface area contributed by atoms with Gasteiger partial charge in [-0.15, -0.1) is 0 Å². The van der Waals surface area contributed by atoms with E-state index in [9.17, 15) is 0 Å². The molecule has 2 heterocycles. The number of imidazole rings is 1. The fourth-order valence-corrected chi connectivity index (χ4v) is 3.79. The Morgan fingerprint density at radius 2 is 1.77 bits per heavy atom. The van der Waals surface area contributed by atoms with Crippen LogP contribution in [0.15, 0.2) is 73.1 Å². The number of halogens is 3. The highest BCUT2D eigenvalue weighted by Crippen LogP contribution is 2.29. The fraction of sp³-hybridized carbons (Fsp3) is 0.0870. The molecule has 8 heteroatoms. The molecule has 31 heavy (non-hydrogen) atoms. The summed E-state index contributed by atoms with van der Waals surface area (Å²) >= 11 is 18.1. The van der Waals surface area contributed by atoms with Crippen molar-refractivity contribution in [2.24, 2.45) is 11.6 Å². The molecule has 5 nitrogen and oxygen atoms in total. The lowest BCUT2D eigenvalue weighted by molar-refractivity contribution is 0.399. The summed E-state index contributed by atoms with van der Waals surface area (Å²) in [4.78, 5) is 4.77. The Morgan fingerprint density at radius 3 is 2.52 bits per heavy atom. The number of rotatable bonds is 6. The fourth-order valence-electron chi connectivity index (χ4n) is 3.34. The van der Waals surface area contributed by atoms with Crippen LogP contribution in [-0.4, -0.2) is 20.9 Å². The average Bonchev–Trinajstić information content (AvgIpc) is 3.15. The molecule has 158 valence electrons. The summed E-state index contributed by atoms with van der Waals surface area (Å²) in [7, 11) is 0. The van der Waals surface area contributed by atoms with Crippen LogP contribution in [0.3, 0.4) is 0 Å². The van der Waals surface area contributed by atoms with Gasteiger partial charge in [0, 0.05) is 29.5 Å². The summed E-state index contributed by atoms with van der Waals surface area (Å²) in [6.45, 7) is 0.547. The molecule has 0 spiro atoms. The third-order valence-corrected chi connectivity index (χ3v) is 5.86. The average molecular weight is 473 g/mol. The van der Waals surface area contributed by atoms with E-state index in [1.165, 1.54) is 0 Å².